The van der Waals surface area contributed by atoms with Crippen LogP contribution in [-0.2, 0) is 5.92 Å². The van der Waals surface area contributed by atoms with Crippen molar-refractivity contribution < 1.29 is 8.78 Å². The van der Waals surface area contributed by atoms with Crippen LogP contribution in [0.1, 0.15) is 11.1 Å². The fourth-order valence-corrected chi connectivity index (χ4v) is 6.68. The summed E-state index contributed by atoms with van der Waals surface area (Å²) in [5.74, 6) is -2.19. The Kier molecular flexibility index (Phi) is 7.36. The Morgan fingerprint density at radius 1 is 0.314 bits per heavy atom. The number of benzene rings is 6. The molecule has 0 fully saturated rings. The smallest absolute Gasteiger partial charge is 0.228 e. The zero-order chi connectivity index (χ0) is 34.4. The van der Waals surface area contributed by atoms with Crippen LogP contribution < -0.4 is 0 Å². The van der Waals surface area contributed by atoms with Gasteiger partial charge in [-0.1, -0.05) is 146 Å². The number of fused-ring (bicyclic) bond motifs is 3. The molecule has 1 aliphatic carbocycles. The van der Waals surface area contributed by atoms with Crippen LogP contribution in [0, 0.1) is 0 Å². The van der Waals surface area contributed by atoms with Crippen LogP contribution in [0.2, 0.25) is 0 Å². The number of aromatic nitrogens is 4. The molecule has 0 atom stereocenters. The van der Waals surface area contributed by atoms with Crippen molar-refractivity contribution >= 4 is 0 Å². The maximum Gasteiger partial charge on any atom is 0.299 e. The fraction of sp³-hybridized carbons (Fsp3) is 0.0222. The summed E-state index contributed by atoms with van der Waals surface area (Å²) in [5.41, 5.74) is 8.19. The summed E-state index contributed by atoms with van der Waals surface area (Å²) in [6.45, 7) is 0. The van der Waals surface area contributed by atoms with Crippen molar-refractivity contribution in [3.05, 3.63) is 181 Å². The normalized spacial score (nSPS) is 12.7. The highest BCUT2D eigenvalue weighted by Gasteiger charge is 2.44. The highest BCUT2D eigenvalue weighted by molar-refractivity contribution is 5.85. The maximum absolute atomic E-state index is 16.6. The van der Waals surface area contributed by atoms with E-state index in [1.165, 1.54) is 0 Å². The molecule has 0 unspecified atom stereocenters. The molecule has 0 N–H and O–H groups in total. The Morgan fingerprint density at radius 3 is 0.980 bits per heavy atom. The monoisotopic (exact) mass is 662 g/mol. The summed E-state index contributed by atoms with van der Waals surface area (Å²) in [5, 5.41) is 0. The molecule has 0 saturated heterocycles. The topological polar surface area (TPSA) is 51.6 Å². The van der Waals surface area contributed by atoms with Crippen LogP contribution in [0.15, 0.2) is 170 Å². The first-order valence-electron chi connectivity index (χ1n) is 16.7. The Labute approximate surface area is 293 Å². The maximum atomic E-state index is 16.6. The van der Waals surface area contributed by atoms with Crippen LogP contribution in [0.5, 0.6) is 0 Å². The zero-order valence-corrected chi connectivity index (χ0v) is 27.2. The molecule has 0 amide bonds. The summed E-state index contributed by atoms with van der Waals surface area (Å²) >= 11 is 0. The van der Waals surface area contributed by atoms with E-state index in [1.807, 2.05) is 146 Å². The van der Waals surface area contributed by atoms with Crippen LogP contribution >= 0.6 is 0 Å². The lowest BCUT2D eigenvalue weighted by atomic mass is 9.99. The number of hydrogen-bond acceptors (Lipinski definition) is 4. The molecular weight excluding hydrogens is 635 g/mol. The van der Waals surface area contributed by atoms with Gasteiger partial charge >= 0.3 is 0 Å². The lowest BCUT2D eigenvalue weighted by Gasteiger charge is -2.15. The average molecular weight is 663 g/mol. The molecule has 4 nitrogen and oxygen atoms in total. The van der Waals surface area contributed by atoms with Gasteiger partial charge in [0, 0.05) is 44.5 Å². The second kappa shape index (κ2) is 12.3. The number of halogens is 2. The number of hydrogen-bond donors (Lipinski definition) is 0. The molecule has 6 aromatic carbocycles. The third-order valence-corrected chi connectivity index (χ3v) is 9.25. The van der Waals surface area contributed by atoms with Crippen LogP contribution in [-0.4, -0.2) is 19.9 Å². The molecule has 0 aliphatic heterocycles. The third kappa shape index (κ3) is 5.57. The van der Waals surface area contributed by atoms with Crippen molar-refractivity contribution in [2.75, 3.05) is 0 Å². The van der Waals surface area contributed by atoms with E-state index in [0.29, 0.717) is 56.7 Å². The molecule has 242 valence electrons. The summed E-state index contributed by atoms with van der Waals surface area (Å²) in [4.78, 5) is 19.4. The van der Waals surface area contributed by atoms with Gasteiger partial charge in [0.25, 0.3) is 5.92 Å². The van der Waals surface area contributed by atoms with E-state index in [4.69, 9.17) is 19.9 Å². The van der Waals surface area contributed by atoms with Crippen LogP contribution in [0.4, 0.5) is 8.78 Å². The predicted molar refractivity (Wildman–Crippen MR) is 199 cm³/mol. The first-order valence-corrected chi connectivity index (χ1v) is 16.7. The first kappa shape index (κ1) is 30.4. The molecule has 0 radical (unpaired) electrons. The lowest BCUT2D eigenvalue weighted by molar-refractivity contribution is 0.0481. The van der Waals surface area contributed by atoms with Gasteiger partial charge in [0.15, 0.2) is 11.6 Å². The lowest BCUT2D eigenvalue weighted by Crippen LogP contribution is -2.11. The van der Waals surface area contributed by atoms with Crippen LogP contribution in [0.25, 0.3) is 78.9 Å². The van der Waals surface area contributed by atoms with E-state index in [0.717, 1.165) is 22.3 Å². The van der Waals surface area contributed by atoms with Gasteiger partial charge in [-0.3, -0.25) is 0 Å². The standard InChI is InChI=1S/C45H28F2N4/c46-45(47)37-25-33(41-27-39(29-13-5-1-6-14-29)48-43(50-41)31-17-9-3-10-18-31)21-23-35(37)36-24-22-34(26-38(36)45)42-28-40(30-15-7-2-8-16-30)49-44(51-42)32-19-11-4-12-20-32/h1-28H. The van der Waals surface area contributed by atoms with Crippen LogP contribution in [0.3, 0.4) is 0 Å². The molecule has 2 heterocycles. The molecule has 2 aromatic heterocycles. The highest BCUT2D eigenvalue weighted by atomic mass is 19.3. The van der Waals surface area contributed by atoms with Crippen molar-refractivity contribution in [1.82, 2.24) is 19.9 Å². The molecule has 0 spiro atoms. The van der Waals surface area contributed by atoms with E-state index < -0.39 is 5.92 Å². The molecular formula is C45H28F2N4. The van der Waals surface area contributed by atoms with Crippen molar-refractivity contribution in [2.24, 2.45) is 0 Å². The molecule has 8 aromatic rings. The van der Waals surface area contributed by atoms with Gasteiger partial charge in [-0.2, -0.15) is 8.78 Å². The second-order valence-electron chi connectivity index (χ2n) is 12.5. The van der Waals surface area contributed by atoms with E-state index in [2.05, 4.69) is 0 Å². The first-order chi connectivity index (χ1) is 25.0. The number of rotatable bonds is 6. The fourth-order valence-electron chi connectivity index (χ4n) is 6.68. The number of nitrogens with zero attached hydrogens (tertiary/aromatic N) is 4. The minimum Gasteiger partial charge on any atom is -0.228 e. The zero-order valence-electron chi connectivity index (χ0n) is 27.2. The molecule has 0 bridgehead atoms. The minimum atomic E-state index is -3.24. The van der Waals surface area contributed by atoms with Gasteiger partial charge in [0.1, 0.15) is 0 Å². The van der Waals surface area contributed by atoms with E-state index >= 15 is 8.78 Å². The Hall–Kier alpha value is -6.66. The van der Waals surface area contributed by atoms with Crippen molar-refractivity contribution in [2.45, 2.75) is 5.92 Å². The van der Waals surface area contributed by atoms with Gasteiger partial charge in [-0.05, 0) is 35.4 Å². The van der Waals surface area contributed by atoms with Crippen molar-refractivity contribution in [3.8, 4) is 78.9 Å². The van der Waals surface area contributed by atoms with E-state index in [1.54, 1.807) is 24.3 Å². The largest absolute Gasteiger partial charge is 0.299 e. The SMILES string of the molecule is FC1(F)c2cc(-c3cc(-c4ccccc4)nc(-c4ccccc4)n3)ccc2-c2ccc(-c3cc(-c4ccccc4)nc(-c4ccccc4)n3)cc21. The highest BCUT2D eigenvalue weighted by Crippen LogP contribution is 2.52. The Morgan fingerprint density at radius 2 is 0.627 bits per heavy atom. The minimum absolute atomic E-state index is 0.0501. The van der Waals surface area contributed by atoms with Gasteiger partial charge in [-0.15, -0.1) is 0 Å². The van der Waals surface area contributed by atoms with E-state index in [-0.39, 0.29) is 11.1 Å². The van der Waals surface area contributed by atoms with Gasteiger partial charge in [0.2, 0.25) is 0 Å². The third-order valence-electron chi connectivity index (χ3n) is 9.25. The molecule has 51 heavy (non-hydrogen) atoms. The molecule has 1 aliphatic rings. The van der Waals surface area contributed by atoms with Crippen molar-refractivity contribution in [1.29, 1.82) is 0 Å². The average Bonchev–Trinajstić information content (AvgIpc) is 3.43. The Bertz CT molecular complexity index is 2250. The predicted octanol–water partition coefficient (Wildman–Crippen LogP) is 11.4. The second-order valence-corrected chi connectivity index (χ2v) is 12.5. The summed E-state index contributed by atoms with van der Waals surface area (Å²) in [6, 6.07) is 53.2. The summed E-state index contributed by atoms with van der Waals surface area (Å²) < 4.78 is 33.3. The van der Waals surface area contributed by atoms with Crippen molar-refractivity contribution in [3.63, 3.8) is 0 Å². The quantitative estimate of drug-likeness (QED) is 0.178. The number of alkyl halides is 2. The molecule has 9 rings (SSSR count). The summed E-state index contributed by atoms with van der Waals surface area (Å²) in [7, 11) is 0. The van der Waals surface area contributed by atoms with Gasteiger partial charge in [-0.25, -0.2) is 19.9 Å². The van der Waals surface area contributed by atoms with E-state index in [9.17, 15) is 0 Å². The summed E-state index contributed by atoms with van der Waals surface area (Å²) in [6.07, 6.45) is 0. The van der Waals surface area contributed by atoms with Gasteiger partial charge in [0.05, 0.1) is 22.8 Å². The molecule has 6 heteroatoms. The Balaban J connectivity index is 1.14. The molecule has 0 saturated carbocycles. The van der Waals surface area contributed by atoms with Gasteiger partial charge < -0.3 is 0 Å².